The first-order valence-electron chi connectivity index (χ1n) is 6.98. The molecule has 0 unspecified atom stereocenters. The van der Waals surface area contributed by atoms with Gasteiger partial charge in [0.25, 0.3) is 0 Å². The van der Waals surface area contributed by atoms with Crippen molar-refractivity contribution < 1.29 is 4.74 Å². The monoisotopic (exact) mass is 289 g/mol. The molecule has 2 rings (SSSR count). The fourth-order valence-electron chi connectivity index (χ4n) is 2.14. The molecule has 0 saturated carbocycles. The van der Waals surface area contributed by atoms with Crippen molar-refractivity contribution in [2.75, 3.05) is 6.54 Å². The summed E-state index contributed by atoms with van der Waals surface area (Å²) in [5.41, 5.74) is 8.00. The van der Waals surface area contributed by atoms with Crippen LogP contribution in [0.1, 0.15) is 24.5 Å². The number of hydrogen-bond acceptors (Lipinski definition) is 2. The third-order valence-electron chi connectivity index (χ3n) is 3.13. The zero-order chi connectivity index (χ0) is 14.4. The maximum absolute atomic E-state index is 6.01. The summed E-state index contributed by atoms with van der Waals surface area (Å²) in [6.07, 6.45) is 3.00. The van der Waals surface area contributed by atoms with Crippen LogP contribution in [0.15, 0.2) is 42.5 Å². The van der Waals surface area contributed by atoms with E-state index in [2.05, 4.69) is 19.1 Å². The van der Waals surface area contributed by atoms with Crippen LogP contribution >= 0.6 is 11.6 Å². The average molecular weight is 290 g/mol. The summed E-state index contributed by atoms with van der Waals surface area (Å²) in [4.78, 5) is 0. The molecule has 2 aromatic carbocycles. The quantitative estimate of drug-likeness (QED) is 0.844. The molecule has 0 aliphatic heterocycles. The van der Waals surface area contributed by atoms with E-state index in [0.29, 0.717) is 11.6 Å². The summed E-state index contributed by atoms with van der Waals surface area (Å²) in [5, 5.41) is 0.707. The van der Waals surface area contributed by atoms with Crippen LogP contribution in [-0.4, -0.2) is 6.54 Å². The minimum atomic E-state index is 0.576. The van der Waals surface area contributed by atoms with Gasteiger partial charge in [0.05, 0.1) is 0 Å². The van der Waals surface area contributed by atoms with E-state index in [4.69, 9.17) is 22.1 Å². The van der Waals surface area contributed by atoms with Gasteiger partial charge in [0.2, 0.25) is 0 Å². The van der Waals surface area contributed by atoms with E-state index in [1.807, 2.05) is 30.3 Å². The molecule has 0 radical (unpaired) electrons. The average Bonchev–Trinajstić information content (AvgIpc) is 2.44. The fraction of sp³-hybridized carbons (Fsp3) is 0.294. The summed E-state index contributed by atoms with van der Waals surface area (Å²) < 4.78 is 5.94. The SMILES string of the molecule is CCCc1ccc(Oc2ccc(Cl)cc2CCN)cc1. The Labute approximate surface area is 125 Å². The molecule has 0 aliphatic rings. The van der Waals surface area contributed by atoms with Gasteiger partial charge in [-0.2, -0.15) is 0 Å². The zero-order valence-corrected chi connectivity index (χ0v) is 12.5. The summed E-state index contributed by atoms with van der Waals surface area (Å²) >= 11 is 6.01. The third kappa shape index (κ3) is 3.99. The van der Waals surface area contributed by atoms with Crippen LogP contribution in [0, 0.1) is 0 Å². The van der Waals surface area contributed by atoms with Crippen molar-refractivity contribution in [2.45, 2.75) is 26.2 Å². The van der Waals surface area contributed by atoms with Crippen LogP contribution < -0.4 is 10.5 Å². The Bertz CT molecular complexity index is 551. The summed E-state index contributed by atoms with van der Waals surface area (Å²) in [7, 11) is 0. The van der Waals surface area contributed by atoms with Crippen molar-refractivity contribution in [3.63, 3.8) is 0 Å². The molecule has 0 spiro atoms. The van der Waals surface area contributed by atoms with Crippen molar-refractivity contribution in [1.29, 1.82) is 0 Å². The number of nitrogens with two attached hydrogens (primary N) is 1. The lowest BCUT2D eigenvalue weighted by Gasteiger charge is -2.11. The Morgan fingerprint density at radius 3 is 2.45 bits per heavy atom. The van der Waals surface area contributed by atoms with Crippen molar-refractivity contribution in [3.8, 4) is 11.5 Å². The number of aryl methyl sites for hydroxylation is 1. The lowest BCUT2D eigenvalue weighted by molar-refractivity contribution is 0.476. The van der Waals surface area contributed by atoms with Crippen molar-refractivity contribution in [1.82, 2.24) is 0 Å². The third-order valence-corrected chi connectivity index (χ3v) is 3.36. The van der Waals surface area contributed by atoms with Crippen molar-refractivity contribution in [2.24, 2.45) is 5.73 Å². The zero-order valence-electron chi connectivity index (χ0n) is 11.7. The first kappa shape index (κ1) is 14.9. The van der Waals surface area contributed by atoms with E-state index >= 15 is 0 Å². The van der Waals surface area contributed by atoms with Gasteiger partial charge in [-0.25, -0.2) is 0 Å². The lowest BCUT2D eigenvalue weighted by Crippen LogP contribution is -2.04. The van der Waals surface area contributed by atoms with Crippen LogP contribution in [-0.2, 0) is 12.8 Å². The van der Waals surface area contributed by atoms with Gasteiger partial charge < -0.3 is 10.5 Å². The molecular weight excluding hydrogens is 270 g/mol. The fourth-order valence-corrected chi connectivity index (χ4v) is 2.33. The van der Waals surface area contributed by atoms with Gasteiger partial charge in [0, 0.05) is 5.02 Å². The molecule has 0 saturated heterocycles. The highest BCUT2D eigenvalue weighted by Crippen LogP contribution is 2.28. The molecule has 2 nitrogen and oxygen atoms in total. The van der Waals surface area contributed by atoms with E-state index in [1.165, 1.54) is 5.56 Å². The van der Waals surface area contributed by atoms with Gasteiger partial charge in [-0.15, -0.1) is 0 Å². The van der Waals surface area contributed by atoms with Gasteiger partial charge >= 0.3 is 0 Å². The smallest absolute Gasteiger partial charge is 0.130 e. The van der Waals surface area contributed by atoms with Gasteiger partial charge in [-0.05, 0) is 60.8 Å². The number of rotatable bonds is 6. The molecule has 2 aromatic rings. The van der Waals surface area contributed by atoms with Crippen LogP contribution in [0.4, 0.5) is 0 Å². The highest BCUT2D eigenvalue weighted by molar-refractivity contribution is 6.30. The Hall–Kier alpha value is -1.51. The maximum atomic E-state index is 6.01. The predicted octanol–water partition coefficient (Wildman–Crippen LogP) is 4.59. The topological polar surface area (TPSA) is 35.2 Å². The molecule has 0 bridgehead atoms. The molecular formula is C17H20ClNO. The van der Waals surface area contributed by atoms with Crippen molar-refractivity contribution >= 4 is 11.6 Å². The Kier molecular flexibility index (Phi) is 5.45. The molecule has 0 amide bonds. The predicted molar refractivity (Wildman–Crippen MR) is 84.7 cm³/mol. The Morgan fingerprint density at radius 2 is 1.80 bits per heavy atom. The summed E-state index contributed by atoms with van der Waals surface area (Å²) in [5.74, 6) is 1.66. The van der Waals surface area contributed by atoms with Crippen LogP contribution in [0.3, 0.4) is 0 Å². The van der Waals surface area contributed by atoms with E-state index in [9.17, 15) is 0 Å². The number of hydrogen-bond donors (Lipinski definition) is 1. The molecule has 0 atom stereocenters. The standard InChI is InChI=1S/C17H20ClNO/c1-2-3-13-4-7-16(8-5-13)20-17-9-6-15(18)12-14(17)10-11-19/h4-9,12H,2-3,10-11,19H2,1H3. The van der Waals surface area contributed by atoms with Gasteiger partial charge in [0.1, 0.15) is 11.5 Å². The molecule has 0 aromatic heterocycles. The number of halogens is 1. The van der Waals surface area contributed by atoms with Gasteiger partial charge in [-0.3, -0.25) is 0 Å². The van der Waals surface area contributed by atoms with E-state index in [0.717, 1.165) is 36.3 Å². The normalized spacial score (nSPS) is 10.6. The maximum Gasteiger partial charge on any atom is 0.130 e. The second-order valence-corrected chi connectivity index (χ2v) is 5.22. The highest BCUT2D eigenvalue weighted by Gasteiger charge is 2.05. The van der Waals surface area contributed by atoms with Gasteiger partial charge in [0.15, 0.2) is 0 Å². The largest absolute Gasteiger partial charge is 0.457 e. The Balaban J connectivity index is 2.16. The first-order chi connectivity index (χ1) is 9.72. The molecule has 0 fully saturated rings. The molecule has 20 heavy (non-hydrogen) atoms. The Morgan fingerprint density at radius 1 is 1.05 bits per heavy atom. The van der Waals surface area contributed by atoms with Crippen LogP contribution in [0.2, 0.25) is 5.02 Å². The highest BCUT2D eigenvalue weighted by atomic mass is 35.5. The van der Waals surface area contributed by atoms with Crippen molar-refractivity contribution in [3.05, 3.63) is 58.6 Å². The second-order valence-electron chi connectivity index (χ2n) is 4.79. The minimum Gasteiger partial charge on any atom is -0.457 e. The van der Waals surface area contributed by atoms with Crippen LogP contribution in [0.25, 0.3) is 0 Å². The number of ether oxygens (including phenoxy) is 1. The summed E-state index contributed by atoms with van der Waals surface area (Å²) in [6.45, 7) is 2.75. The molecule has 0 heterocycles. The summed E-state index contributed by atoms with van der Waals surface area (Å²) in [6, 6.07) is 13.9. The number of benzene rings is 2. The molecule has 2 N–H and O–H groups in total. The molecule has 3 heteroatoms. The van der Waals surface area contributed by atoms with Gasteiger partial charge in [-0.1, -0.05) is 37.1 Å². The lowest BCUT2D eigenvalue weighted by atomic mass is 10.1. The van der Waals surface area contributed by atoms with E-state index in [-0.39, 0.29) is 0 Å². The van der Waals surface area contributed by atoms with Crippen LogP contribution in [0.5, 0.6) is 11.5 Å². The van der Waals surface area contributed by atoms with E-state index < -0.39 is 0 Å². The molecule has 0 aliphatic carbocycles. The van der Waals surface area contributed by atoms with E-state index in [1.54, 1.807) is 0 Å². The molecule has 106 valence electrons. The minimum absolute atomic E-state index is 0.576. The second kappa shape index (κ2) is 7.32. The first-order valence-corrected chi connectivity index (χ1v) is 7.36.